The van der Waals surface area contributed by atoms with Gasteiger partial charge in [-0.25, -0.2) is 0 Å². The predicted octanol–water partition coefficient (Wildman–Crippen LogP) is 3.57. The maximum atomic E-state index is 5.58. The molecule has 0 saturated carbocycles. The topological polar surface area (TPSA) is 35.2 Å². The van der Waals surface area contributed by atoms with Crippen molar-refractivity contribution >= 4 is 29.6 Å². The van der Waals surface area contributed by atoms with Crippen LogP contribution in [0.25, 0.3) is 0 Å². The zero-order valence-corrected chi connectivity index (χ0v) is 11.0. The van der Waals surface area contributed by atoms with Crippen molar-refractivity contribution in [1.29, 1.82) is 0 Å². The number of para-hydroxylation sites is 2. The summed E-state index contributed by atoms with van der Waals surface area (Å²) in [5, 5.41) is 0. The zero-order valence-electron chi connectivity index (χ0n) is 11.0. The summed E-state index contributed by atoms with van der Waals surface area (Å²) in [6.45, 7) is 4.07. The summed E-state index contributed by atoms with van der Waals surface area (Å²) in [6.07, 6.45) is 1.08. The molecule has 0 aliphatic rings. The average Bonchev–Trinajstić information content (AvgIpc) is 2.42. The summed E-state index contributed by atoms with van der Waals surface area (Å²) < 4.78 is 5.58. The molecule has 2 nitrogen and oxygen atoms in total. The van der Waals surface area contributed by atoms with Crippen LogP contribution in [0.4, 0.5) is 0 Å². The normalized spacial score (nSPS) is 10.5. The molecular formula is C16H22NNaO. The summed E-state index contributed by atoms with van der Waals surface area (Å²) in [5.41, 5.74) is 5.29. The van der Waals surface area contributed by atoms with E-state index in [2.05, 4.69) is 6.92 Å². The first-order valence-corrected chi connectivity index (χ1v) is 6.26. The van der Waals surface area contributed by atoms with Gasteiger partial charge in [0.05, 0.1) is 0 Å². The van der Waals surface area contributed by atoms with Crippen LogP contribution in [0.2, 0.25) is 0 Å². The Labute approximate surface area is 138 Å². The summed E-state index contributed by atoms with van der Waals surface area (Å²) in [7, 11) is 0. The van der Waals surface area contributed by atoms with Gasteiger partial charge in [0.1, 0.15) is 11.5 Å². The van der Waals surface area contributed by atoms with E-state index in [4.69, 9.17) is 10.5 Å². The smallest absolute Gasteiger partial charge is 0.127 e. The van der Waals surface area contributed by atoms with E-state index in [1.165, 1.54) is 0 Å². The van der Waals surface area contributed by atoms with Gasteiger partial charge in [0, 0.05) is 6.04 Å². The van der Waals surface area contributed by atoms with Crippen LogP contribution in [0.3, 0.4) is 0 Å². The van der Waals surface area contributed by atoms with Gasteiger partial charge in [-0.2, -0.15) is 0 Å². The molecule has 0 aliphatic heterocycles. The Kier molecular flexibility index (Phi) is 10.6. The Morgan fingerprint density at radius 2 is 1.21 bits per heavy atom. The number of hydrogen-bond donors (Lipinski definition) is 1. The Balaban J connectivity index is 0.000000471. The second-order valence-corrected chi connectivity index (χ2v) is 4.11. The minimum atomic E-state index is 0. The quantitative estimate of drug-likeness (QED) is 0.863. The fourth-order valence-corrected chi connectivity index (χ4v) is 1.11. The van der Waals surface area contributed by atoms with E-state index in [0.717, 1.165) is 17.9 Å². The molecule has 0 heterocycles. The molecule has 1 unspecified atom stereocenters. The van der Waals surface area contributed by atoms with E-state index in [0.29, 0.717) is 6.04 Å². The summed E-state index contributed by atoms with van der Waals surface area (Å²) >= 11 is 0. The SMILES string of the molecule is CCC(C)N.[NaH].c1ccc(Oc2ccccc2)cc1. The van der Waals surface area contributed by atoms with Gasteiger partial charge in [-0.3, -0.25) is 0 Å². The Hall–Kier alpha value is -0.800. The van der Waals surface area contributed by atoms with Crippen molar-refractivity contribution in [2.24, 2.45) is 5.73 Å². The molecule has 0 saturated heterocycles. The number of hydrogen-bond acceptors (Lipinski definition) is 2. The van der Waals surface area contributed by atoms with Gasteiger partial charge < -0.3 is 10.5 Å². The molecule has 0 aromatic heterocycles. The minimum Gasteiger partial charge on any atom is -0.457 e. The second kappa shape index (κ2) is 11.1. The van der Waals surface area contributed by atoms with Crippen molar-refractivity contribution in [2.75, 3.05) is 0 Å². The van der Waals surface area contributed by atoms with Crippen molar-refractivity contribution < 1.29 is 4.74 Å². The van der Waals surface area contributed by atoms with Gasteiger partial charge in [0.15, 0.2) is 0 Å². The van der Waals surface area contributed by atoms with E-state index < -0.39 is 0 Å². The van der Waals surface area contributed by atoms with Crippen molar-refractivity contribution in [3.63, 3.8) is 0 Å². The molecular weight excluding hydrogens is 245 g/mol. The molecule has 2 rings (SSSR count). The molecule has 2 aromatic rings. The van der Waals surface area contributed by atoms with Crippen LogP contribution in [-0.4, -0.2) is 35.6 Å². The van der Waals surface area contributed by atoms with Gasteiger partial charge in [0.25, 0.3) is 0 Å². The maximum absolute atomic E-state index is 5.58. The molecule has 2 N–H and O–H groups in total. The average molecular weight is 267 g/mol. The third-order valence-electron chi connectivity index (χ3n) is 2.37. The first-order chi connectivity index (χ1) is 8.72. The van der Waals surface area contributed by atoms with Crippen molar-refractivity contribution in [2.45, 2.75) is 26.3 Å². The van der Waals surface area contributed by atoms with Crippen LogP contribution < -0.4 is 10.5 Å². The van der Waals surface area contributed by atoms with Crippen LogP contribution in [0.5, 0.6) is 11.5 Å². The van der Waals surface area contributed by atoms with E-state index in [1.54, 1.807) is 0 Å². The molecule has 19 heavy (non-hydrogen) atoms. The van der Waals surface area contributed by atoms with Crippen LogP contribution in [0.1, 0.15) is 20.3 Å². The molecule has 0 amide bonds. The van der Waals surface area contributed by atoms with Gasteiger partial charge in [0.2, 0.25) is 0 Å². The standard InChI is InChI=1S/C12H10O.C4H11N.Na.H/c1-3-7-11(8-4-1)13-12-9-5-2-6-10-12;1-3-4(2)5;;/h1-10H;4H,3,5H2,1-2H3;;. The predicted molar refractivity (Wildman–Crippen MR) is 84.0 cm³/mol. The Bertz CT molecular complexity index is 380. The van der Waals surface area contributed by atoms with Gasteiger partial charge >= 0.3 is 29.6 Å². The number of ether oxygens (including phenoxy) is 1. The van der Waals surface area contributed by atoms with Gasteiger partial charge in [-0.1, -0.05) is 43.3 Å². The first kappa shape index (κ1) is 18.2. The first-order valence-electron chi connectivity index (χ1n) is 6.26. The van der Waals surface area contributed by atoms with E-state index >= 15 is 0 Å². The van der Waals surface area contributed by atoms with Gasteiger partial charge in [-0.15, -0.1) is 0 Å². The zero-order chi connectivity index (χ0) is 13.2. The molecule has 98 valence electrons. The summed E-state index contributed by atoms with van der Waals surface area (Å²) in [5.74, 6) is 1.74. The molecule has 0 fully saturated rings. The monoisotopic (exact) mass is 267 g/mol. The van der Waals surface area contributed by atoms with E-state index in [9.17, 15) is 0 Å². The molecule has 0 aliphatic carbocycles. The molecule has 3 heteroatoms. The minimum absolute atomic E-state index is 0. The third-order valence-corrected chi connectivity index (χ3v) is 2.37. The Morgan fingerprint density at radius 3 is 1.47 bits per heavy atom. The Morgan fingerprint density at radius 1 is 0.895 bits per heavy atom. The van der Waals surface area contributed by atoms with E-state index in [1.807, 2.05) is 67.6 Å². The molecule has 1 atom stereocenters. The third kappa shape index (κ3) is 8.84. The maximum Gasteiger partial charge on any atom is 0.127 e. The number of rotatable bonds is 3. The summed E-state index contributed by atoms with van der Waals surface area (Å²) in [6, 6.07) is 19.9. The molecule has 0 radical (unpaired) electrons. The largest absolute Gasteiger partial charge is 0.457 e. The van der Waals surface area contributed by atoms with E-state index in [-0.39, 0.29) is 29.6 Å². The fourth-order valence-electron chi connectivity index (χ4n) is 1.11. The van der Waals surface area contributed by atoms with Crippen LogP contribution >= 0.6 is 0 Å². The molecule has 0 spiro atoms. The van der Waals surface area contributed by atoms with Crippen LogP contribution in [0.15, 0.2) is 60.7 Å². The molecule has 2 aromatic carbocycles. The van der Waals surface area contributed by atoms with Crippen LogP contribution in [-0.2, 0) is 0 Å². The second-order valence-electron chi connectivity index (χ2n) is 4.11. The molecule has 0 bridgehead atoms. The van der Waals surface area contributed by atoms with Crippen molar-refractivity contribution in [1.82, 2.24) is 0 Å². The summed E-state index contributed by atoms with van der Waals surface area (Å²) in [4.78, 5) is 0. The fraction of sp³-hybridized carbons (Fsp3) is 0.250. The van der Waals surface area contributed by atoms with Crippen molar-refractivity contribution in [3.8, 4) is 11.5 Å². The van der Waals surface area contributed by atoms with Gasteiger partial charge in [-0.05, 0) is 37.6 Å². The van der Waals surface area contributed by atoms with Crippen LogP contribution in [0, 0.1) is 0 Å². The number of benzene rings is 2. The number of nitrogens with two attached hydrogens (primary N) is 1. The van der Waals surface area contributed by atoms with Crippen molar-refractivity contribution in [3.05, 3.63) is 60.7 Å².